The highest BCUT2D eigenvalue weighted by molar-refractivity contribution is 5.25. The highest BCUT2D eigenvalue weighted by Gasteiger charge is 2.39. The molecule has 0 aliphatic carbocycles. The van der Waals surface area contributed by atoms with Crippen molar-refractivity contribution in [1.82, 2.24) is 10.3 Å². The highest BCUT2D eigenvalue weighted by atomic mass is 16.5. The lowest BCUT2D eigenvalue weighted by Gasteiger charge is -2.20. The van der Waals surface area contributed by atoms with E-state index in [9.17, 15) is 0 Å². The quantitative estimate of drug-likeness (QED) is 0.796. The molecule has 80 valence electrons. The number of aromatic nitrogens is 1. The van der Waals surface area contributed by atoms with Crippen molar-refractivity contribution >= 4 is 0 Å². The molecule has 2 bridgehead atoms. The van der Waals surface area contributed by atoms with Crippen LogP contribution in [0.5, 0.6) is 5.88 Å². The number of nitrogens with zero attached hydrogens (tertiary/aromatic N) is 1. The fourth-order valence-corrected chi connectivity index (χ4v) is 2.92. The summed E-state index contributed by atoms with van der Waals surface area (Å²) in [5, 5.41) is 3.65. The zero-order valence-electron chi connectivity index (χ0n) is 8.94. The first kappa shape index (κ1) is 9.16. The van der Waals surface area contributed by atoms with Gasteiger partial charge in [-0.3, -0.25) is 0 Å². The second-order valence-corrected chi connectivity index (χ2v) is 4.52. The normalized spacial score (nSPS) is 33.3. The van der Waals surface area contributed by atoms with Crippen molar-refractivity contribution in [2.75, 3.05) is 7.11 Å². The lowest BCUT2D eigenvalue weighted by Crippen LogP contribution is -2.21. The summed E-state index contributed by atoms with van der Waals surface area (Å²) < 4.78 is 5.07. The highest BCUT2D eigenvalue weighted by Crippen LogP contribution is 2.39. The van der Waals surface area contributed by atoms with Gasteiger partial charge in [-0.05, 0) is 24.8 Å². The molecule has 1 aromatic heterocycles. The van der Waals surface area contributed by atoms with Gasteiger partial charge in [0.05, 0.1) is 7.11 Å². The Morgan fingerprint density at radius 2 is 2.33 bits per heavy atom. The van der Waals surface area contributed by atoms with Gasteiger partial charge < -0.3 is 10.1 Å². The first-order valence-electron chi connectivity index (χ1n) is 5.63. The zero-order chi connectivity index (χ0) is 10.3. The molecule has 0 unspecified atom stereocenters. The summed E-state index contributed by atoms with van der Waals surface area (Å²) in [6.07, 6.45) is 5.91. The maximum absolute atomic E-state index is 5.07. The zero-order valence-corrected chi connectivity index (χ0v) is 8.94. The average Bonchev–Trinajstić information content (AvgIpc) is 2.91. The van der Waals surface area contributed by atoms with Crippen LogP contribution in [0, 0.1) is 0 Å². The molecular formula is C12H16N2O. The fraction of sp³-hybridized carbons (Fsp3) is 0.583. The van der Waals surface area contributed by atoms with Crippen LogP contribution in [-0.2, 0) is 0 Å². The van der Waals surface area contributed by atoms with Gasteiger partial charge >= 0.3 is 0 Å². The van der Waals surface area contributed by atoms with Crippen LogP contribution in [0.1, 0.15) is 30.7 Å². The van der Waals surface area contributed by atoms with E-state index in [4.69, 9.17) is 4.74 Å². The smallest absolute Gasteiger partial charge is 0.212 e. The molecule has 3 heterocycles. The molecule has 15 heavy (non-hydrogen) atoms. The van der Waals surface area contributed by atoms with Crippen LogP contribution in [0.25, 0.3) is 0 Å². The number of hydrogen-bond donors (Lipinski definition) is 1. The standard InChI is InChI=1S/C12H16N2O/c1-15-12-5-2-8(7-13-12)10-6-9-3-4-11(10)14-9/h2,5,7,9-11,14H,3-4,6H2,1H3/t9-,10+,11+/m0/s1. The third-order valence-electron chi connectivity index (χ3n) is 3.70. The Bertz CT molecular complexity index is 349. The van der Waals surface area contributed by atoms with Crippen LogP contribution in [0.3, 0.4) is 0 Å². The maximum Gasteiger partial charge on any atom is 0.212 e. The Balaban J connectivity index is 1.81. The monoisotopic (exact) mass is 204 g/mol. The molecule has 2 aliphatic rings. The van der Waals surface area contributed by atoms with Gasteiger partial charge in [-0.1, -0.05) is 6.07 Å². The van der Waals surface area contributed by atoms with Gasteiger partial charge in [0, 0.05) is 30.3 Å². The van der Waals surface area contributed by atoms with E-state index in [1.54, 1.807) is 7.11 Å². The Kier molecular flexibility index (Phi) is 2.13. The fourth-order valence-electron chi connectivity index (χ4n) is 2.92. The van der Waals surface area contributed by atoms with Crippen LogP contribution in [0.4, 0.5) is 0 Å². The molecule has 1 aromatic rings. The molecule has 3 nitrogen and oxygen atoms in total. The SMILES string of the molecule is COc1ccc([C@H]2C[C@@H]3CC[C@H]2N3)cn1. The molecule has 2 aliphatic heterocycles. The van der Waals surface area contributed by atoms with Crippen molar-refractivity contribution in [2.24, 2.45) is 0 Å². The van der Waals surface area contributed by atoms with Crippen molar-refractivity contribution in [3.63, 3.8) is 0 Å². The molecule has 0 spiro atoms. The number of ether oxygens (including phenoxy) is 1. The number of rotatable bonds is 2. The topological polar surface area (TPSA) is 34.1 Å². The molecule has 0 saturated carbocycles. The van der Waals surface area contributed by atoms with Gasteiger partial charge in [-0.15, -0.1) is 0 Å². The molecule has 2 saturated heterocycles. The summed E-state index contributed by atoms with van der Waals surface area (Å²) in [5.41, 5.74) is 1.36. The first-order chi connectivity index (χ1) is 7.36. The molecule has 3 heteroatoms. The third kappa shape index (κ3) is 1.51. The van der Waals surface area contributed by atoms with Crippen molar-refractivity contribution in [1.29, 1.82) is 0 Å². The van der Waals surface area contributed by atoms with Crippen LogP contribution in [-0.4, -0.2) is 24.2 Å². The van der Waals surface area contributed by atoms with Gasteiger partial charge in [0.15, 0.2) is 0 Å². The largest absolute Gasteiger partial charge is 0.481 e. The van der Waals surface area contributed by atoms with Gasteiger partial charge in [0.25, 0.3) is 0 Å². The minimum absolute atomic E-state index is 0.669. The van der Waals surface area contributed by atoms with Crippen molar-refractivity contribution in [2.45, 2.75) is 37.3 Å². The predicted molar refractivity (Wildman–Crippen MR) is 58.1 cm³/mol. The number of hydrogen-bond acceptors (Lipinski definition) is 3. The van der Waals surface area contributed by atoms with E-state index in [1.165, 1.54) is 24.8 Å². The number of methoxy groups -OCH3 is 1. The molecule has 0 amide bonds. The van der Waals surface area contributed by atoms with Crippen molar-refractivity contribution in [3.8, 4) is 5.88 Å². The number of pyridine rings is 1. The second-order valence-electron chi connectivity index (χ2n) is 4.52. The molecule has 2 fully saturated rings. The summed E-state index contributed by atoms with van der Waals surface area (Å²) >= 11 is 0. The maximum atomic E-state index is 5.07. The van der Waals surface area contributed by atoms with Gasteiger partial charge in [-0.25, -0.2) is 4.98 Å². The number of nitrogens with one attached hydrogen (secondary N) is 1. The molecule has 1 N–H and O–H groups in total. The molecular weight excluding hydrogens is 188 g/mol. The molecule has 0 radical (unpaired) electrons. The Labute approximate surface area is 89.9 Å². The second kappa shape index (κ2) is 3.49. The minimum atomic E-state index is 0.669. The predicted octanol–water partition coefficient (Wildman–Crippen LogP) is 1.70. The van der Waals surface area contributed by atoms with E-state index < -0.39 is 0 Å². The molecule has 0 aromatic carbocycles. The van der Waals surface area contributed by atoms with E-state index in [1.807, 2.05) is 12.3 Å². The Hall–Kier alpha value is -1.09. The Morgan fingerprint density at radius 3 is 2.87 bits per heavy atom. The first-order valence-corrected chi connectivity index (χ1v) is 5.63. The van der Waals surface area contributed by atoms with E-state index in [0.29, 0.717) is 17.8 Å². The van der Waals surface area contributed by atoms with Crippen molar-refractivity contribution in [3.05, 3.63) is 23.9 Å². The van der Waals surface area contributed by atoms with E-state index in [0.717, 1.165) is 6.04 Å². The van der Waals surface area contributed by atoms with Crippen LogP contribution in [0.2, 0.25) is 0 Å². The summed E-state index contributed by atoms with van der Waals surface area (Å²) in [6.45, 7) is 0. The summed E-state index contributed by atoms with van der Waals surface area (Å²) in [7, 11) is 1.65. The lowest BCUT2D eigenvalue weighted by atomic mass is 9.85. The van der Waals surface area contributed by atoms with Gasteiger partial charge in [-0.2, -0.15) is 0 Å². The van der Waals surface area contributed by atoms with Gasteiger partial charge in [0.1, 0.15) is 0 Å². The Morgan fingerprint density at radius 1 is 1.40 bits per heavy atom. The summed E-state index contributed by atoms with van der Waals surface area (Å²) in [6, 6.07) is 5.55. The van der Waals surface area contributed by atoms with E-state index in [-0.39, 0.29) is 0 Å². The third-order valence-corrected chi connectivity index (χ3v) is 3.70. The number of fused-ring (bicyclic) bond motifs is 2. The minimum Gasteiger partial charge on any atom is -0.481 e. The van der Waals surface area contributed by atoms with Crippen LogP contribution < -0.4 is 10.1 Å². The lowest BCUT2D eigenvalue weighted by molar-refractivity contribution is 0.396. The van der Waals surface area contributed by atoms with E-state index >= 15 is 0 Å². The summed E-state index contributed by atoms with van der Waals surface area (Å²) in [5.74, 6) is 1.37. The molecule has 3 atom stereocenters. The average molecular weight is 204 g/mol. The van der Waals surface area contributed by atoms with Gasteiger partial charge in [0.2, 0.25) is 5.88 Å². The summed E-state index contributed by atoms with van der Waals surface area (Å²) in [4.78, 5) is 4.28. The van der Waals surface area contributed by atoms with E-state index in [2.05, 4.69) is 16.4 Å². The van der Waals surface area contributed by atoms with Crippen LogP contribution >= 0.6 is 0 Å². The van der Waals surface area contributed by atoms with Crippen LogP contribution in [0.15, 0.2) is 18.3 Å². The molecule has 3 rings (SSSR count). The van der Waals surface area contributed by atoms with Crippen molar-refractivity contribution < 1.29 is 4.74 Å².